The summed E-state index contributed by atoms with van der Waals surface area (Å²) in [7, 11) is 0. The summed E-state index contributed by atoms with van der Waals surface area (Å²) in [6.07, 6.45) is 3.90. The average molecular weight is 311 g/mol. The Bertz CT molecular complexity index is 633. The van der Waals surface area contributed by atoms with Gasteiger partial charge in [-0.1, -0.05) is 16.8 Å². The topological polar surface area (TPSA) is 54.2 Å². The van der Waals surface area contributed by atoms with Crippen LogP contribution >= 0.6 is 11.6 Å². The van der Waals surface area contributed by atoms with Crippen LogP contribution in [0.2, 0.25) is 5.02 Å². The molecule has 1 N–H and O–H groups in total. The van der Waals surface area contributed by atoms with Crippen LogP contribution in [0.5, 0.6) is 0 Å². The van der Waals surface area contributed by atoms with Crippen LogP contribution in [0.25, 0.3) is 5.69 Å². The van der Waals surface area contributed by atoms with E-state index in [1.807, 2.05) is 0 Å². The Hall–Kier alpha value is -1.50. The van der Waals surface area contributed by atoms with Crippen molar-refractivity contribution in [2.75, 3.05) is 13.2 Å². The van der Waals surface area contributed by atoms with Crippen molar-refractivity contribution in [3.05, 3.63) is 40.9 Å². The van der Waals surface area contributed by atoms with Gasteiger partial charge in [0.05, 0.1) is 29.2 Å². The predicted octanol–water partition coefficient (Wildman–Crippen LogP) is 2.02. The molecular formula is C14H16ClFN4O. The van der Waals surface area contributed by atoms with Crippen molar-refractivity contribution in [3.8, 4) is 5.69 Å². The second-order valence-corrected chi connectivity index (χ2v) is 5.61. The maximum Gasteiger partial charge on any atom is 0.141 e. The summed E-state index contributed by atoms with van der Waals surface area (Å²) < 4.78 is 14.7. The fourth-order valence-electron chi connectivity index (χ4n) is 2.64. The van der Waals surface area contributed by atoms with Gasteiger partial charge in [-0.05, 0) is 37.6 Å². The van der Waals surface area contributed by atoms with Crippen LogP contribution in [0.15, 0.2) is 24.4 Å². The first kappa shape index (κ1) is 14.4. The molecule has 3 rings (SSSR count). The van der Waals surface area contributed by atoms with Crippen LogP contribution in [0.3, 0.4) is 0 Å². The summed E-state index contributed by atoms with van der Waals surface area (Å²) in [6, 6.07) is 4.63. The summed E-state index contributed by atoms with van der Waals surface area (Å²) in [4.78, 5) is 2.20. The van der Waals surface area contributed by atoms with Crippen LogP contribution in [0.4, 0.5) is 4.39 Å². The lowest BCUT2D eigenvalue weighted by Crippen LogP contribution is -2.31. The maximum atomic E-state index is 13.2. The molecule has 112 valence electrons. The number of aliphatic hydroxyl groups is 1. The van der Waals surface area contributed by atoms with Crippen LogP contribution in [0, 0.1) is 5.82 Å². The third kappa shape index (κ3) is 3.07. The highest BCUT2D eigenvalue weighted by atomic mass is 35.5. The summed E-state index contributed by atoms with van der Waals surface area (Å²) in [5, 5.41) is 17.6. The number of benzene rings is 1. The Balaban J connectivity index is 1.75. The first-order valence-corrected chi connectivity index (χ1v) is 7.26. The molecule has 5 nitrogen and oxygen atoms in total. The van der Waals surface area contributed by atoms with Crippen molar-refractivity contribution in [2.45, 2.75) is 25.4 Å². The number of nitrogens with zero attached hydrogens (tertiary/aromatic N) is 4. The van der Waals surface area contributed by atoms with E-state index in [0.717, 1.165) is 25.1 Å². The van der Waals surface area contributed by atoms with Gasteiger partial charge in [0.2, 0.25) is 0 Å². The van der Waals surface area contributed by atoms with Crippen LogP contribution in [0.1, 0.15) is 18.5 Å². The number of aliphatic hydroxyl groups excluding tert-OH is 1. The number of hydrogen-bond acceptors (Lipinski definition) is 4. The fraction of sp³-hybridized carbons (Fsp3) is 0.429. The van der Waals surface area contributed by atoms with E-state index in [1.165, 1.54) is 12.1 Å². The maximum absolute atomic E-state index is 13.2. The monoisotopic (exact) mass is 310 g/mol. The summed E-state index contributed by atoms with van der Waals surface area (Å²) in [6.45, 7) is 1.78. The van der Waals surface area contributed by atoms with E-state index in [2.05, 4.69) is 15.2 Å². The second-order valence-electron chi connectivity index (χ2n) is 5.20. The lowest BCUT2D eigenvalue weighted by molar-refractivity contribution is 0.152. The average Bonchev–Trinajstić information content (AvgIpc) is 3.11. The summed E-state index contributed by atoms with van der Waals surface area (Å²) in [5.41, 5.74) is 1.48. The molecule has 1 fully saturated rings. The van der Waals surface area contributed by atoms with Crippen molar-refractivity contribution in [1.82, 2.24) is 19.9 Å². The van der Waals surface area contributed by atoms with Crippen LogP contribution in [-0.4, -0.2) is 44.2 Å². The molecule has 2 heterocycles. The molecular weight excluding hydrogens is 295 g/mol. The Kier molecular flexibility index (Phi) is 4.19. The van der Waals surface area contributed by atoms with Crippen molar-refractivity contribution >= 4 is 11.6 Å². The number of rotatable bonds is 4. The standard InChI is InChI=1S/C14H16ClFN4O/c15-13-6-11(3-4-14(13)16)20-8-10(17-18-20)7-19-5-1-2-12(19)9-21/h3-4,6,8,12,21H,1-2,5,7,9H2/t12-/m0/s1. The Morgan fingerprint density at radius 2 is 2.29 bits per heavy atom. The van der Waals surface area contributed by atoms with E-state index in [0.29, 0.717) is 12.2 Å². The second kappa shape index (κ2) is 6.09. The van der Waals surface area contributed by atoms with Gasteiger partial charge >= 0.3 is 0 Å². The Morgan fingerprint density at radius 3 is 3.05 bits per heavy atom. The molecule has 1 atom stereocenters. The molecule has 0 radical (unpaired) electrons. The minimum absolute atomic E-state index is 0.0597. The quantitative estimate of drug-likeness (QED) is 0.938. The largest absolute Gasteiger partial charge is 0.395 e. The Morgan fingerprint density at radius 1 is 1.43 bits per heavy atom. The van der Waals surface area contributed by atoms with Gasteiger partial charge in [0, 0.05) is 12.6 Å². The molecule has 1 aromatic carbocycles. The first-order valence-electron chi connectivity index (χ1n) is 6.89. The molecule has 0 unspecified atom stereocenters. The van der Waals surface area contributed by atoms with Crippen LogP contribution < -0.4 is 0 Å². The third-order valence-electron chi connectivity index (χ3n) is 3.78. The SMILES string of the molecule is OC[C@@H]1CCCN1Cc1cn(-c2ccc(F)c(Cl)c2)nn1. The molecule has 0 bridgehead atoms. The molecule has 0 aliphatic carbocycles. The molecule has 0 amide bonds. The summed E-state index contributed by atoms with van der Waals surface area (Å²) in [5.74, 6) is -0.455. The van der Waals surface area contributed by atoms with E-state index in [9.17, 15) is 9.50 Å². The van der Waals surface area contributed by atoms with Gasteiger partial charge in [0.25, 0.3) is 0 Å². The van der Waals surface area contributed by atoms with Crippen molar-refractivity contribution < 1.29 is 9.50 Å². The highest BCUT2D eigenvalue weighted by Crippen LogP contribution is 2.20. The zero-order valence-electron chi connectivity index (χ0n) is 11.4. The van der Waals surface area contributed by atoms with E-state index in [-0.39, 0.29) is 17.7 Å². The molecule has 1 aliphatic heterocycles. The molecule has 1 saturated heterocycles. The number of hydrogen-bond donors (Lipinski definition) is 1. The van der Waals surface area contributed by atoms with Crippen LogP contribution in [-0.2, 0) is 6.54 Å². The molecule has 7 heteroatoms. The summed E-state index contributed by atoms with van der Waals surface area (Å²) >= 11 is 5.77. The van der Waals surface area contributed by atoms with E-state index in [1.54, 1.807) is 16.9 Å². The van der Waals surface area contributed by atoms with Gasteiger partial charge in [-0.25, -0.2) is 9.07 Å². The van der Waals surface area contributed by atoms with Gasteiger partial charge in [-0.2, -0.15) is 0 Å². The highest BCUT2D eigenvalue weighted by molar-refractivity contribution is 6.30. The Labute approximate surface area is 126 Å². The zero-order chi connectivity index (χ0) is 14.8. The number of aromatic nitrogens is 3. The minimum atomic E-state index is -0.455. The smallest absolute Gasteiger partial charge is 0.141 e. The lowest BCUT2D eigenvalue weighted by atomic mass is 10.2. The third-order valence-corrected chi connectivity index (χ3v) is 4.07. The van der Waals surface area contributed by atoms with Gasteiger partial charge in [0.1, 0.15) is 5.82 Å². The molecule has 1 aromatic heterocycles. The van der Waals surface area contributed by atoms with Gasteiger partial charge < -0.3 is 5.11 Å². The van der Waals surface area contributed by atoms with Gasteiger partial charge in [0.15, 0.2) is 0 Å². The highest BCUT2D eigenvalue weighted by Gasteiger charge is 2.24. The molecule has 1 aliphatic rings. The predicted molar refractivity (Wildman–Crippen MR) is 76.8 cm³/mol. The van der Waals surface area contributed by atoms with E-state index < -0.39 is 5.82 Å². The molecule has 2 aromatic rings. The van der Waals surface area contributed by atoms with Gasteiger partial charge in [-0.15, -0.1) is 5.10 Å². The zero-order valence-corrected chi connectivity index (χ0v) is 12.2. The number of halogens is 2. The van der Waals surface area contributed by atoms with Crippen molar-refractivity contribution in [3.63, 3.8) is 0 Å². The number of likely N-dealkylation sites (tertiary alicyclic amines) is 1. The van der Waals surface area contributed by atoms with Gasteiger partial charge in [-0.3, -0.25) is 4.90 Å². The molecule has 0 saturated carbocycles. The van der Waals surface area contributed by atoms with E-state index in [4.69, 9.17) is 11.6 Å². The van der Waals surface area contributed by atoms with E-state index >= 15 is 0 Å². The first-order chi connectivity index (χ1) is 10.2. The van der Waals surface area contributed by atoms with Crippen molar-refractivity contribution in [1.29, 1.82) is 0 Å². The normalized spacial score (nSPS) is 19.3. The lowest BCUT2D eigenvalue weighted by Gasteiger charge is -2.20. The molecule has 21 heavy (non-hydrogen) atoms. The molecule has 0 spiro atoms. The van der Waals surface area contributed by atoms with Crippen molar-refractivity contribution in [2.24, 2.45) is 0 Å². The minimum Gasteiger partial charge on any atom is -0.395 e. The fourth-order valence-corrected chi connectivity index (χ4v) is 2.82.